The van der Waals surface area contributed by atoms with Gasteiger partial charge in [-0.05, 0) is 40.2 Å². The molecule has 2 atom stereocenters. The third-order valence-corrected chi connectivity index (χ3v) is 4.86. The molecule has 1 heteroatoms. The Balaban J connectivity index is 1.78. The lowest BCUT2D eigenvalue weighted by molar-refractivity contribution is 0.587. The first kappa shape index (κ1) is 12.0. The molecule has 1 aliphatic heterocycles. The van der Waals surface area contributed by atoms with E-state index in [4.69, 9.17) is 0 Å². The number of anilines is 1. The average molecular weight is 263 g/mol. The molecule has 1 heterocycles. The number of fused-ring (bicyclic) bond motifs is 5. The second-order valence-corrected chi connectivity index (χ2v) is 7.18. The highest BCUT2D eigenvalue weighted by molar-refractivity contribution is 5.65. The number of hydrogen-bond acceptors (Lipinski definition) is 1. The minimum Gasteiger partial charge on any atom is -0.377 e. The zero-order valence-corrected chi connectivity index (χ0v) is 12.4. The molecule has 4 rings (SSSR count). The van der Waals surface area contributed by atoms with Gasteiger partial charge < -0.3 is 5.32 Å². The monoisotopic (exact) mass is 263 g/mol. The highest BCUT2D eigenvalue weighted by Crippen LogP contribution is 2.51. The van der Waals surface area contributed by atoms with Gasteiger partial charge in [-0.1, -0.05) is 57.2 Å². The van der Waals surface area contributed by atoms with Crippen LogP contribution in [0.2, 0.25) is 0 Å². The summed E-state index contributed by atoms with van der Waals surface area (Å²) in [5.74, 6) is 0.615. The lowest BCUT2D eigenvalue weighted by Gasteiger charge is -2.20. The van der Waals surface area contributed by atoms with Gasteiger partial charge >= 0.3 is 0 Å². The number of rotatable bonds is 0. The summed E-state index contributed by atoms with van der Waals surface area (Å²) < 4.78 is 0. The van der Waals surface area contributed by atoms with E-state index in [1.807, 2.05) is 0 Å². The fraction of sp³-hybridized carbons (Fsp3) is 0.368. The maximum absolute atomic E-state index is 3.73. The van der Waals surface area contributed by atoms with E-state index < -0.39 is 0 Å². The SMILES string of the molecule is CC(C)(C)c1ccc2c(c1)[C@@H]1Cc3ccccc3[C@@H]1N2. The maximum atomic E-state index is 3.73. The molecule has 2 aromatic rings. The number of nitrogens with one attached hydrogen (secondary N) is 1. The molecule has 0 aromatic heterocycles. The van der Waals surface area contributed by atoms with Crippen molar-refractivity contribution in [2.24, 2.45) is 0 Å². The Labute approximate surface area is 121 Å². The summed E-state index contributed by atoms with van der Waals surface area (Å²) in [7, 11) is 0. The molecule has 0 amide bonds. The molecule has 2 aliphatic rings. The molecule has 0 fully saturated rings. The van der Waals surface area contributed by atoms with Gasteiger partial charge in [0.05, 0.1) is 6.04 Å². The summed E-state index contributed by atoms with van der Waals surface area (Å²) in [6.07, 6.45) is 1.18. The largest absolute Gasteiger partial charge is 0.377 e. The second kappa shape index (κ2) is 3.88. The van der Waals surface area contributed by atoms with Crippen molar-refractivity contribution in [3.8, 4) is 0 Å². The van der Waals surface area contributed by atoms with Gasteiger partial charge in [0.2, 0.25) is 0 Å². The van der Waals surface area contributed by atoms with Crippen molar-refractivity contribution in [3.63, 3.8) is 0 Å². The van der Waals surface area contributed by atoms with Crippen LogP contribution in [-0.2, 0) is 11.8 Å². The van der Waals surface area contributed by atoms with Gasteiger partial charge in [-0.15, -0.1) is 0 Å². The second-order valence-electron chi connectivity index (χ2n) is 7.18. The lowest BCUT2D eigenvalue weighted by atomic mass is 9.84. The first-order valence-corrected chi connectivity index (χ1v) is 7.53. The molecule has 0 spiro atoms. The van der Waals surface area contributed by atoms with Crippen LogP contribution in [-0.4, -0.2) is 0 Å². The van der Waals surface area contributed by atoms with Crippen molar-refractivity contribution in [1.29, 1.82) is 0 Å². The summed E-state index contributed by atoms with van der Waals surface area (Å²) in [6, 6.07) is 16.3. The van der Waals surface area contributed by atoms with Crippen LogP contribution in [0, 0.1) is 0 Å². The average Bonchev–Trinajstić information content (AvgIpc) is 2.93. The smallest absolute Gasteiger partial charge is 0.0589 e. The Morgan fingerprint density at radius 2 is 1.80 bits per heavy atom. The molecule has 2 aromatic carbocycles. The van der Waals surface area contributed by atoms with E-state index in [2.05, 4.69) is 68.6 Å². The maximum Gasteiger partial charge on any atom is 0.0589 e. The van der Waals surface area contributed by atoms with Gasteiger partial charge in [-0.3, -0.25) is 0 Å². The molecule has 0 unspecified atom stereocenters. The van der Waals surface area contributed by atoms with E-state index in [1.54, 1.807) is 0 Å². The first-order chi connectivity index (χ1) is 9.54. The van der Waals surface area contributed by atoms with Gasteiger partial charge in [0, 0.05) is 11.6 Å². The van der Waals surface area contributed by atoms with Crippen molar-refractivity contribution < 1.29 is 0 Å². The van der Waals surface area contributed by atoms with Crippen molar-refractivity contribution >= 4 is 5.69 Å². The molecule has 0 saturated heterocycles. The van der Waals surface area contributed by atoms with Gasteiger partial charge in [-0.2, -0.15) is 0 Å². The normalized spacial score (nSPS) is 22.9. The predicted octanol–water partition coefficient (Wildman–Crippen LogP) is 4.79. The first-order valence-electron chi connectivity index (χ1n) is 7.53. The van der Waals surface area contributed by atoms with Crippen molar-refractivity contribution in [2.45, 2.75) is 44.6 Å². The van der Waals surface area contributed by atoms with E-state index in [9.17, 15) is 0 Å². The van der Waals surface area contributed by atoms with E-state index in [0.29, 0.717) is 12.0 Å². The zero-order valence-electron chi connectivity index (χ0n) is 12.4. The Morgan fingerprint density at radius 3 is 2.60 bits per heavy atom. The topological polar surface area (TPSA) is 12.0 Å². The Hall–Kier alpha value is -1.76. The summed E-state index contributed by atoms with van der Waals surface area (Å²) in [5, 5.41) is 3.73. The third kappa shape index (κ3) is 1.62. The van der Waals surface area contributed by atoms with E-state index >= 15 is 0 Å². The minimum atomic E-state index is 0.221. The molecule has 20 heavy (non-hydrogen) atoms. The fourth-order valence-corrected chi connectivity index (χ4v) is 3.70. The Morgan fingerprint density at radius 1 is 1.00 bits per heavy atom. The molecule has 0 radical (unpaired) electrons. The van der Waals surface area contributed by atoms with Gasteiger partial charge in [-0.25, -0.2) is 0 Å². The van der Waals surface area contributed by atoms with Crippen LogP contribution in [0.3, 0.4) is 0 Å². The minimum absolute atomic E-state index is 0.221. The van der Waals surface area contributed by atoms with Crippen LogP contribution in [0.25, 0.3) is 0 Å². The molecule has 0 saturated carbocycles. The van der Waals surface area contributed by atoms with Crippen LogP contribution in [0.4, 0.5) is 5.69 Å². The van der Waals surface area contributed by atoms with Gasteiger partial charge in [0.1, 0.15) is 0 Å². The predicted molar refractivity (Wildman–Crippen MR) is 84.4 cm³/mol. The Bertz CT molecular complexity index is 678. The summed E-state index contributed by atoms with van der Waals surface area (Å²) >= 11 is 0. The van der Waals surface area contributed by atoms with E-state index in [-0.39, 0.29) is 5.41 Å². The standard InChI is InChI=1S/C19H21N/c1-19(2,3)13-8-9-17-15(11-13)16-10-12-6-4-5-7-14(12)18(16)20-17/h4-9,11,16,18,20H,10H2,1-3H3/t16-,18-/m0/s1. The fourth-order valence-electron chi connectivity index (χ4n) is 3.70. The van der Waals surface area contributed by atoms with Crippen LogP contribution < -0.4 is 5.32 Å². The lowest BCUT2D eigenvalue weighted by Crippen LogP contribution is -2.11. The molecular weight excluding hydrogens is 242 g/mol. The molecule has 1 N–H and O–H groups in total. The number of hydrogen-bond donors (Lipinski definition) is 1. The summed E-state index contributed by atoms with van der Waals surface area (Å²) in [4.78, 5) is 0. The zero-order chi connectivity index (χ0) is 13.9. The molecule has 102 valence electrons. The van der Waals surface area contributed by atoms with Crippen LogP contribution in [0.5, 0.6) is 0 Å². The quantitative estimate of drug-likeness (QED) is 0.720. The van der Waals surface area contributed by atoms with Crippen LogP contribution >= 0.6 is 0 Å². The molecule has 0 bridgehead atoms. The van der Waals surface area contributed by atoms with Crippen molar-refractivity contribution in [3.05, 3.63) is 64.7 Å². The van der Waals surface area contributed by atoms with E-state index in [0.717, 1.165) is 0 Å². The summed E-state index contributed by atoms with van der Waals surface area (Å²) in [5.41, 5.74) is 7.52. The molecular formula is C19H21N. The number of benzene rings is 2. The highest BCUT2D eigenvalue weighted by atomic mass is 15.0. The van der Waals surface area contributed by atoms with Crippen LogP contribution in [0.15, 0.2) is 42.5 Å². The Kier molecular flexibility index (Phi) is 2.33. The molecule has 1 aliphatic carbocycles. The molecule has 1 nitrogen and oxygen atoms in total. The van der Waals surface area contributed by atoms with Gasteiger partial charge in [0.15, 0.2) is 0 Å². The van der Waals surface area contributed by atoms with Crippen LogP contribution in [0.1, 0.15) is 55.0 Å². The summed E-state index contributed by atoms with van der Waals surface area (Å²) in [6.45, 7) is 6.87. The van der Waals surface area contributed by atoms with E-state index in [1.165, 1.54) is 34.4 Å². The van der Waals surface area contributed by atoms with Crippen molar-refractivity contribution in [2.75, 3.05) is 5.32 Å². The third-order valence-electron chi connectivity index (χ3n) is 4.86. The van der Waals surface area contributed by atoms with Crippen molar-refractivity contribution in [1.82, 2.24) is 0 Å². The highest BCUT2D eigenvalue weighted by Gasteiger charge is 2.39. The van der Waals surface area contributed by atoms with Gasteiger partial charge in [0.25, 0.3) is 0 Å².